The number of carbonyl (C=O) groups is 3. The van der Waals surface area contributed by atoms with E-state index < -0.39 is 12.1 Å². The molecule has 0 aromatic heterocycles. The molecule has 0 aliphatic heterocycles. The van der Waals surface area contributed by atoms with Crippen LogP contribution in [0.15, 0.2) is 158 Å². The average Bonchev–Trinajstić information content (AvgIpc) is 3.45. The largest absolute Gasteiger partial charge is 0.462 e. The van der Waals surface area contributed by atoms with Gasteiger partial charge in [0.1, 0.15) is 13.2 Å². The molecule has 0 N–H and O–H groups in total. The second-order valence-electron chi connectivity index (χ2n) is 20.5. The third-order valence-electron chi connectivity index (χ3n) is 13.0. The van der Waals surface area contributed by atoms with Crippen molar-refractivity contribution >= 4 is 17.9 Å². The van der Waals surface area contributed by atoms with Crippen molar-refractivity contribution < 1.29 is 28.6 Å². The monoisotopic (exact) mass is 1090 g/mol. The molecule has 0 radical (unpaired) electrons. The van der Waals surface area contributed by atoms with Crippen molar-refractivity contribution in [3.63, 3.8) is 0 Å². The number of ether oxygens (including phenoxy) is 3. The molecule has 0 amide bonds. The molecule has 0 aromatic carbocycles. The summed E-state index contributed by atoms with van der Waals surface area (Å²) < 4.78 is 16.8. The van der Waals surface area contributed by atoms with Gasteiger partial charge in [-0.1, -0.05) is 275 Å². The van der Waals surface area contributed by atoms with Crippen LogP contribution in [0.3, 0.4) is 0 Å². The highest BCUT2D eigenvalue weighted by molar-refractivity contribution is 5.71. The fourth-order valence-corrected chi connectivity index (χ4v) is 8.36. The van der Waals surface area contributed by atoms with Gasteiger partial charge in [0, 0.05) is 19.3 Å². The lowest BCUT2D eigenvalue weighted by atomic mass is 10.0. The highest BCUT2D eigenvalue weighted by Gasteiger charge is 2.19. The minimum absolute atomic E-state index is 0.120. The van der Waals surface area contributed by atoms with Crippen LogP contribution in [-0.2, 0) is 28.6 Å². The predicted molar refractivity (Wildman–Crippen MR) is 343 cm³/mol. The van der Waals surface area contributed by atoms with Crippen molar-refractivity contribution in [1.82, 2.24) is 0 Å². The Labute approximate surface area is 486 Å². The third-order valence-corrected chi connectivity index (χ3v) is 13.0. The van der Waals surface area contributed by atoms with E-state index in [1.807, 2.05) is 12.2 Å². The van der Waals surface area contributed by atoms with Crippen molar-refractivity contribution in [3.05, 3.63) is 158 Å². The van der Waals surface area contributed by atoms with Crippen molar-refractivity contribution in [3.8, 4) is 0 Å². The fraction of sp³-hybridized carbons (Fsp3) is 0.603. The zero-order chi connectivity index (χ0) is 57.1. The van der Waals surface area contributed by atoms with Gasteiger partial charge in [0.15, 0.2) is 6.10 Å². The van der Waals surface area contributed by atoms with Gasteiger partial charge in [-0.15, -0.1) is 0 Å². The molecule has 0 aliphatic rings. The number of allylic oxidation sites excluding steroid dienone is 26. The van der Waals surface area contributed by atoms with Crippen LogP contribution in [-0.4, -0.2) is 37.2 Å². The predicted octanol–water partition coefficient (Wildman–Crippen LogP) is 22.1. The van der Waals surface area contributed by atoms with E-state index in [1.54, 1.807) is 0 Å². The molecule has 79 heavy (non-hydrogen) atoms. The second kappa shape index (κ2) is 65.5. The molecule has 0 rings (SSSR count). The van der Waals surface area contributed by atoms with E-state index in [0.29, 0.717) is 19.3 Å². The molecule has 6 heteroatoms. The van der Waals surface area contributed by atoms with Crippen LogP contribution in [0.5, 0.6) is 0 Å². The third kappa shape index (κ3) is 63.7. The van der Waals surface area contributed by atoms with Gasteiger partial charge in [0.25, 0.3) is 0 Å². The summed E-state index contributed by atoms with van der Waals surface area (Å²) in [6.45, 7) is 6.23. The van der Waals surface area contributed by atoms with E-state index in [9.17, 15) is 14.4 Å². The molecule has 1 unspecified atom stereocenters. The minimum Gasteiger partial charge on any atom is -0.462 e. The normalized spacial score (nSPS) is 13.2. The quantitative estimate of drug-likeness (QED) is 0.0261. The SMILES string of the molecule is CC/C=C\C/C=C\C/C=C\C/C=C\C/C=C\C/C=C\CCC(=O)OC(COC(=O)CCCCCCC/C=C\C/C=C\C/C=C\CC)COC(=O)CCCCCCCCCCCCCCCC/C=C\C/C=C\C/C=C\C/C=C\CC. The summed E-state index contributed by atoms with van der Waals surface area (Å²) in [5, 5.41) is 0. The van der Waals surface area contributed by atoms with Gasteiger partial charge in [-0.25, -0.2) is 0 Å². The van der Waals surface area contributed by atoms with E-state index in [-0.39, 0.29) is 31.6 Å². The number of hydrogen-bond donors (Lipinski definition) is 0. The van der Waals surface area contributed by atoms with Crippen LogP contribution < -0.4 is 0 Å². The molecule has 0 bridgehead atoms. The van der Waals surface area contributed by atoms with Gasteiger partial charge in [0.2, 0.25) is 0 Å². The van der Waals surface area contributed by atoms with Gasteiger partial charge in [-0.05, 0) is 128 Å². The Morgan fingerprint density at radius 1 is 0.253 bits per heavy atom. The Kier molecular flexibility index (Phi) is 61.4. The first-order valence-electron chi connectivity index (χ1n) is 32.0. The second-order valence-corrected chi connectivity index (χ2v) is 20.5. The van der Waals surface area contributed by atoms with E-state index >= 15 is 0 Å². The van der Waals surface area contributed by atoms with Gasteiger partial charge < -0.3 is 14.2 Å². The van der Waals surface area contributed by atoms with Crippen molar-refractivity contribution in [2.24, 2.45) is 0 Å². The molecule has 6 nitrogen and oxygen atoms in total. The Morgan fingerprint density at radius 2 is 0.481 bits per heavy atom. The first-order valence-corrected chi connectivity index (χ1v) is 32.0. The summed E-state index contributed by atoms with van der Waals surface area (Å²) in [6, 6.07) is 0. The molecule has 0 heterocycles. The number of hydrogen-bond acceptors (Lipinski definition) is 6. The highest BCUT2D eigenvalue weighted by Crippen LogP contribution is 2.15. The molecule has 0 fully saturated rings. The summed E-state index contributed by atoms with van der Waals surface area (Å²) in [7, 11) is 0. The molecule has 0 aromatic rings. The van der Waals surface area contributed by atoms with E-state index in [2.05, 4.69) is 167 Å². The lowest BCUT2D eigenvalue weighted by molar-refractivity contribution is -0.166. The van der Waals surface area contributed by atoms with Gasteiger partial charge in [-0.3, -0.25) is 14.4 Å². The summed E-state index contributed by atoms with van der Waals surface area (Å²) in [5.41, 5.74) is 0. The van der Waals surface area contributed by atoms with E-state index in [1.165, 1.54) is 77.0 Å². The summed E-state index contributed by atoms with van der Waals surface area (Å²) in [4.78, 5) is 38.3. The highest BCUT2D eigenvalue weighted by atomic mass is 16.6. The molecule has 0 saturated carbocycles. The molecule has 0 aliphatic carbocycles. The average molecular weight is 1090 g/mol. The lowest BCUT2D eigenvalue weighted by Gasteiger charge is -2.18. The van der Waals surface area contributed by atoms with Crippen molar-refractivity contribution in [2.75, 3.05) is 13.2 Å². The molecular formula is C73H116O6. The maximum atomic E-state index is 12.9. The number of carbonyl (C=O) groups excluding carboxylic acids is 3. The zero-order valence-electron chi connectivity index (χ0n) is 50.8. The van der Waals surface area contributed by atoms with Crippen LogP contribution >= 0.6 is 0 Å². The number of esters is 3. The summed E-state index contributed by atoms with van der Waals surface area (Å²) in [5.74, 6) is -1.02. The molecule has 0 spiro atoms. The van der Waals surface area contributed by atoms with Crippen LogP contribution in [0.25, 0.3) is 0 Å². The van der Waals surface area contributed by atoms with Crippen LogP contribution in [0.2, 0.25) is 0 Å². The summed E-state index contributed by atoms with van der Waals surface area (Å²) in [6.07, 6.45) is 95.5. The van der Waals surface area contributed by atoms with Crippen molar-refractivity contribution in [1.29, 1.82) is 0 Å². The van der Waals surface area contributed by atoms with E-state index in [0.717, 1.165) is 141 Å². The number of rotatable bonds is 56. The van der Waals surface area contributed by atoms with Crippen molar-refractivity contribution in [2.45, 2.75) is 271 Å². The smallest absolute Gasteiger partial charge is 0.306 e. The first kappa shape index (κ1) is 74.0. The Morgan fingerprint density at radius 3 is 0.759 bits per heavy atom. The summed E-state index contributed by atoms with van der Waals surface area (Å²) >= 11 is 0. The number of unbranched alkanes of at least 4 members (excludes halogenated alkanes) is 19. The van der Waals surface area contributed by atoms with Gasteiger partial charge >= 0.3 is 17.9 Å². The van der Waals surface area contributed by atoms with E-state index in [4.69, 9.17) is 14.2 Å². The topological polar surface area (TPSA) is 78.9 Å². The zero-order valence-corrected chi connectivity index (χ0v) is 50.8. The maximum absolute atomic E-state index is 12.9. The standard InChI is InChI=1S/C73H116O6/c1-4-7-10-13-16-19-22-25-28-30-32-33-34-35-36-37-38-39-41-42-45-48-51-54-57-60-63-66-72(75)78-69-70(68-77-71(74)65-62-59-56-53-50-47-44-27-24-21-18-15-12-9-6-3)79-73(76)67-64-61-58-55-52-49-46-43-40-31-29-26-23-20-17-14-11-8-5-2/h7-12,16-21,25-29,32-33,40,43-44,49,52,58,61,70H,4-6,13-15,22-24,30-31,34-39,41-42,45-48,50-51,53-57,59-60,62-69H2,1-3H3/b10-7-,11-8-,12-9-,19-16-,20-17-,21-18-,28-25-,29-26-,33-32-,43-40-,44-27-,52-49-,61-58-. The molecular weight excluding hydrogens is 973 g/mol. The fourth-order valence-electron chi connectivity index (χ4n) is 8.36. The Bertz CT molecular complexity index is 1780. The van der Waals surface area contributed by atoms with Gasteiger partial charge in [-0.2, -0.15) is 0 Å². The molecule has 444 valence electrons. The molecule has 0 saturated heterocycles. The Balaban J connectivity index is 4.43. The Hall–Kier alpha value is -4.97. The van der Waals surface area contributed by atoms with Crippen LogP contribution in [0.1, 0.15) is 265 Å². The van der Waals surface area contributed by atoms with Crippen LogP contribution in [0, 0.1) is 0 Å². The lowest BCUT2D eigenvalue weighted by Crippen LogP contribution is -2.30. The minimum atomic E-state index is -0.834. The first-order chi connectivity index (χ1) is 39.0. The maximum Gasteiger partial charge on any atom is 0.306 e. The molecule has 1 atom stereocenters. The van der Waals surface area contributed by atoms with Crippen LogP contribution in [0.4, 0.5) is 0 Å². The van der Waals surface area contributed by atoms with Gasteiger partial charge in [0.05, 0.1) is 0 Å².